The Morgan fingerprint density at radius 1 is 1.24 bits per heavy atom. The van der Waals surface area contributed by atoms with Crippen molar-refractivity contribution in [1.82, 2.24) is 24.3 Å². The normalized spacial score (nSPS) is 17.5. The van der Waals surface area contributed by atoms with E-state index in [0.717, 1.165) is 17.4 Å². The molecular formula is C25H33F2N7O4S2Si. The average molecular weight is 626 g/mol. The number of hydrogen-bond acceptors (Lipinski definition) is 9. The first-order valence-electron chi connectivity index (χ1n) is 13.3. The fraction of sp³-hybridized carbons (Fsp3) is 0.600. The fourth-order valence-electron chi connectivity index (χ4n) is 4.73. The molecule has 1 aliphatic carbocycles. The van der Waals surface area contributed by atoms with Crippen molar-refractivity contribution >= 4 is 46.0 Å². The predicted octanol–water partition coefficient (Wildman–Crippen LogP) is 4.58. The SMILES string of the molecule is [C-]#[N+]C1(N(COCC[Si](C)(C)C)S(=O)(=O)c2cc(N3CCOCC3)c3c(c2)c(-c2nnc(C(F)F)s2)nn3C)CC1. The maximum Gasteiger partial charge on any atom is 0.303 e. The third-order valence-corrected chi connectivity index (χ3v) is 11.7. The lowest BCUT2D eigenvalue weighted by Crippen LogP contribution is -2.42. The first kappa shape index (κ1) is 29.9. The molecule has 5 rings (SSSR count). The molecule has 0 bridgehead atoms. The van der Waals surface area contributed by atoms with Crippen molar-refractivity contribution < 1.29 is 26.7 Å². The molecule has 0 N–H and O–H groups in total. The van der Waals surface area contributed by atoms with E-state index < -0.39 is 35.2 Å². The number of rotatable bonds is 11. The summed E-state index contributed by atoms with van der Waals surface area (Å²) >= 11 is 0.719. The number of aryl methyl sites for hydroxylation is 1. The number of alkyl halides is 2. The number of hydrogen-bond donors (Lipinski definition) is 0. The van der Waals surface area contributed by atoms with Gasteiger partial charge < -0.3 is 14.4 Å². The minimum Gasteiger partial charge on any atom is -0.378 e. The lowest BCUT2D eigenvalue weighted by Gasteiger charge is -2.30. The number of ether oxygens (including phenoxy) is 2. The average Bonchev–Trinajstić information content (AvgIpc) is 3.41. The van der Waals surface area contributed by atoms with Gasteiger partial charge in [-0.15, -0.1) is 10.2 Å². The van der Waals surface area contributed by atoms with E-state index in [4.69, 9.17) is 16.0 Å². The van der Waals surface area contributed by atoms with Crippen molar-refractivity contribution in [1.29, 1.82) is 0 Å². The molecule has 3 aromatic rings. The van der Waals surface area contributed by atoms with Gasteiger partial charge in [0, 0.05) is 40.2 Å². The second kappa shape index (κ2) is 11.3. The van der Waals surface area contributed by atoms with Gasteiger partial charge in [-0.1, -0.05) is 35.3 Å². The Kier molecular flexibility index (Phi) is 8.22. The molecule has 11 nitrogen and oxygen atoms in total. The predicted molar refractivity (Wildman–Crippen MR) is 154 cm³/mol. The van der Waals surface area contributed by atoms with Crippen LogP contribution in [0.4, 0.5) is 14.5 Å². The molecule has 2 fully saturated rings. The van der Waals surface area contributed by atoms with Gasteiger partial charge in [0.2, 0.25) is 0 Å². The molecule has 0 spiro atoms. The third-order valence-electron chi connectivity index (χ3n) is 7.24. The summed E-state index contributed by atoms with van der Waals surface area (Å²) in [6.45, 7) is 16.6. The fourth-order valence-corrected chi connectivity index (χ4v) is 7.85. The van der Waals surface area contributed by atoms with Gasteiger partial charge in [-0.3, -0.25) is 9.53 Å². The Balaban J connectivity index is 1.63. The molecular weight excluding hydrogens is 593 g/mol. The molecule has 0 radical (unpaired) electrons. The zero-order valence-corrected chi connectivity index (χ0v) is 26.1. The highest BCUT2D eigenvalue weighted by molar-refractivity contribution is 7.89. The van der Waals surface area contributed by atoms with Crippen molar-refractivity contribution in [3.63, 3.8) is 0 Å². The number of anilines is 1. The zero-order valence-electron chi connectivity index (χ0n) is 23.4. The van der Waals surface area contributed by atoms with Gasteiger partial charge in [-0.25, -0.2) is 23.8 Å². The van der Waals surface area contributed by atoms with Crippen LogP contribution in [-0.4, -0.2) is 86.1 Å². The van der Waals surface area contributed by atoms with Crippen LogP contribution in [0, 0.1) is 6.57 Å². The van der Waals surface area contributed by atoms with Gasteiger partial charge in [-0.2, -0.15) is 5.10 Å². The smallest absolute Gasteiger partial charge is 0.303 e. The molecule has 16 heteroatoms. The summed E-state index contributed by atoms with van der Waals surface area (Å²) in [5, 5.41) is 12.3. The van der Waals surface area contributed by atoms with Crippen LogP contribution in [0.5, 0.6) is 0 Å². The van der Waals surface area contributed by atoms with Gasteiger partial charge in [0.25, 0.3) is 16.4 Å². The minimum absolute atomic E-state index is 0.0249. The maximum absolute atomic E-state index is 14.3. The van der Waals surface area contributed by atoms with E-state index in [1.165, 1.54) is 10.4 Å². The van der Waals surface area contributed by atoms with Crippen LogP contribution in [0.2, 0.25) is 25.7 Å². The summed E-state index contributed by atoms with van der Waals surface area (Å²) in [5.41, 5.74) is 0.341. The van der Waals surface area contributed by atoms with E-state index >= 15 is 0 Å². The van der Waals surface area contributed by atoms with E-state index in [9.17, 15) is 17.2 Å². The van der Waals surface area contributed by atoms with Crippen LogP contribution in [0.3, 0.4) is 0 Å². The van der Waals surface area contributed by atoms with Crippen LogP contribution in [-0.2, 0) is 26.5 Å². The maximum atomic E-state index is 14.3. The number of aromatic nitrogens is 4. The van der Waals surface area contributed by atoms with E-state index in [1.807, 2.05) is 4.90 Å². The van der Waals surface area contributed by atoms with Crippen LogP contribution in [0.1, 0.15) is 24.3 Å². The Hall–Kier alpha value is -2.55. The highest BCUT2D eigenvalue weighted by Crippen LogP contribution is 2.47. The van der Waals surface area contributed by atoms with Gasteiger partial charge in [0.15, 0.2) is 10.0 Å². The topological polar surface area (TPSA) is 107 Å². The Bertz CT molecular complexity index is 1570. The molecule has 2 aliphatic rings. The molecule has 0 amide bonds. The van der Waals surface area contributed by atoms with Gasteiger partial charge >= 0.3 is 5.66 Å². The molecule has 222 valence electrons. The second-order valence-corrected chi connectivity index (χ2v) is 19.9. The van der Waals surface area contributed by atoms with Crippen molar-refractivity contribution in [2.45, 2.75) is 55.5 Å². The van der Waals surface area contributed by atoms with E-state index in [0.29, 0.717) is 62.3 Å². The summed E-state index contributed by atoms with van der Waals surface area (Å²) in [7, 11) is -3.91. The van der Waals surface area contributed by atoms with E-state index in [-0.39, 0.29) is 22.3 Å². The first-order chi connectivity index (χ1) is 19.4. The van der Waals surface area contributed by atoms with Crippen LogP contribution in [0.25, 0.3) is 26.4 Å². The quantitative estimate of drug-likeness (QED) is 0.132. The van der Waals surface area contributed by atoms with E-state index in [1.54, 1.807) is 17.8 Å². The number of sulfonamides is 1. The van der Waals surface area contributed by atoms with Crippen molar-refractivity contribution in [2.24, 2.45) is 7.05 Å². The minimum atomic E-state index is -4.22. The third kappa shape index (κ3) is 6.01. The highest BCUT2D eigenvalue weighted by Gasteiger charge is 2.61. The molecule has 3 heterocycles. The van der Waals surface area contributed by atoms with Crippen LogP contribution in [0.15, 0.2) is 17.0 Å². The molecule has 41 heavy (non-hydrogen) atoms. The summed E-state index contributed by atoms with van der Waals surface area (Å²) in [6.07, 6.45) is -1.94. The largest absolute Gasteiger partial charge is 0.378 e. The van der Waals surface area contributed by atoms with Crippen LogP contribution >= 0.6 is 11.3 Å². The standard InChI is InChI=1S/C25H33F2N7O4S2Si/c1-28-25(6-7-25)34(16-38-12-13-41(3,4)5)40(35,36)17-14-18-20(23-29-30-24(39-23)22(26)27)31-32(2)21(18)19(15-17)33-8-10-37-11-9-33/h14-15,22H,6-13,16H2,2-5H3. The number of halogens is 2. The molecule has 1 aromatic carbocycles. The number of nitrogens with zero attached hydrogens (tertiary/aromatic N) is 7. The summed E-state index contributed by atoms with van der Waals surface area (Å²) in [4.78, 5) is 5.71. The van der Waals surface area contributed by atoms with Gasteiger partial charge in [0.05, 0.1) is 42.2 Å². The molecule has 1 aliphatic heterocycles. The lowest BCUT2D eigenvalue weighted by molar-refractivity contribution is 0.0642. The highest BCUT2D eigenvalue weighted by atomic mass is 32.2. The zero-order chi connectivity index (χ0) is 29.6. The number of fused-ring (bicyclic) bond motifs is 1. The van der Waals surface area contributed by atoms with Crippen LogP contribution < -0.4 is 4.90 Å². The summed E-state index contributed by atoms with van der Waals surface area (Å²) in [5.74, 6) is 0. The van der Waals surface area contributed by atoms with Gasteiger partial charge in [-0.05, 0) is 18.2 Å². The molecule has 1 saturated carbocycles. The molecule has 1 saturated heterocycles. The summed E-state index contributed by atoms with van der Waals surface area (Å²) < 4.78 is 69.4. The molecule has 2 aromatic heterocycles. The summed E-state index contributed by atoms with van der Waals surface area (Å²) in [6, 6.07) is 3.96. The van der Waals surface area contributed by atoms with Crippen molar-refractivity contribution in [3.05, 3.63) is 28.6 Å². The monoisotopic (exact) mass is 625 g/mol. The number of morpholine rings is 1. The van der Waals surface area contributed by atoms with E-state index in [2.05, 4.69) is 39.8 Å². The van der Waals surface area contributed by atoms with Crippen molar-refractivity contribution in [3.8, 4) is 10.7 Å². The Morgan fingerprint density at radius 2 is 1.95 bits per heavy atom. The number of benzene rings is 1. The molecule has 0 unspecified atom stereocenters. The first-order valence-corrected chi connectivity index (χ1v) is 19.3. The Labute approximate surface area is 242 Å². The van der Waals surface area contributed by atoms with Gasteiger partial charge in [0.1, 0.15) is 12.4 Å². The Morgan fingerprint density at radius 3 is 2.54 bits per heavy atom. The second-order valence-electron chi connectivity index (χ2n) is 11.5. The lowest BCUT2D eigenvalue weighted by atomic mass is 10.1. The van der Waals surface area contributed by atoms with Crippen molar-refractivity contribution in [2.75, 3.05) is 44.5 Å². The molecule has 0 atom stereocenters.